The van der Waals surface area contributed by atoms with Crippen LogP contribution < -0.4 is 10.6 Å². The highest BCUT2D eigenvalue weighted by Gasteiger charge is 2.42. The predicted molar refractivity (Wildman–Crippen MR) is 125 cm³/mol. The molecular formula is C26H29F3N2O4. The van der Waals surface area contributed by atoms with Crippen molar-refractivity contribution in [2.24, 2.45) is 0 Å². The number of esters is 1. The molecule has 0 aromatic heterocycles. The number of nitrogens with one attached hydrogen (secondary N) is 2. The van der Waals surface area contributed by atoms with Crippen molar-refractivity contribution in [3.05, 3.63) is 84.4 Å². The Kier molecular flexibility index (Phi) is 9.22. The zero-order chi connectivity index (χ0) is 26.2. The summed E-state index contributed by atoms with van der Waals surface area (Å²) in [7, 11) is 0. The number of carbonyl (C=O) groups is 3. The highest BCUT2D eigenvalue weighted by atomic mass is 19.4. The Hall–Kier alpha value is -3.62. The Morgan fingerprint density at radius 3 is 1.97 bits per heavy atom. The van der Waals surface area contributed by atoms with Gasteiger partial charge in [-0.25, -0.2) is 4.79 Å². The molecule has 2 aromatic rings. The van der Waals surface area contributed by atoms with Gasteiger partial charge in [-0.2, -0.15) is 13.2 Å². The molecule has 188 valence electrons. The molecule has 6 nitrogen and oxygen atoms in total. The van der Waals surface area contributed by atoms with E-state index >= 15 is 0 Å². The number of ether oxygens (including phenoxy) is 1. The van der Waals surface area contributed by atoms with E-state index in [4.69, 9.17) is 4.74 Å². The van der Waals surface area contributed by atoms with Crippen LogP contribution in [0.2, 0.25) is 0 Å². The van der Waals surface area contributed by atoms with E-state index in [9.17, 15) is 27.6 Å². The topological polar surface area (TPSA) is 84.5 Å². The summed E-state index contributed by atoms with van der Waals surface area (Å²) >= 11 is 0. The van der Waals surface area contributed by atoms with Crippen LogP contribution in [0.3, 0.4) is 0 Å². The van der Waals surface area contributed by atoms with Crippen LogP contribution >= 0.6 is 0 Å². The molecule has 2 N–H and O–H groups in total. The highest BCUT2D eigenvalue weighted by molar-refractivity contribution is 5.92. The minimum atomic E-state index is -5.19. The number of carbonyl (C=O) groups excluding carboxylic acids is 3. The number of halogens is 3. The summed E-state index contributed by atoms with van der Waals surface area (Å²) in [5, 5.41) is 4.24. The Morgan fingerprint density at radius 1 is 0.943 bits per heavy atom. The molecule has 35 heavy (non-hydrogen) atoms. The molecule has 0 aliphatic carbocycles. The second kappa shape index (κ2) is 11.7. The largest absolute Gasteiger partial charge is 0.471 e. The van der Waals surface area contributed by atoms with Crippen molar-refractivity contribution in [1.29, 1.82) is 0 Å². The lowest BCUT2D eigenvalue weighted by Gasteiger charge is -2.30. The first-order valence-electron chi connectivity index (χ1n) is 10.9. The van der Waals surface area contributed by atoms with Gasteiger partial charge in [0.05, 0.1) is 0 Å². The van der Waals surface area contributed by atoms with E-state index in [2.05, 4.69) is 11.9 Å². The molecule has 2 aromatic carbocycles. The van der Waals surface area contributed by atoms with Crippen molar-refractivity contribution in [2.75, 3.05) is 0 Å². The minimum absolute atomic E-state index is 0.223. The maximum Gasteiger partial charge on any atom is 0.471 e. The van der Waals surface area contributed by atoms with Crippen molar-refractivity contribution in [2.45, 2.75) is 57.0 Å². The van der Waals surface area contributed by atoms with Crippen molar-refractivity contribution >= 4 is 17.8 Å². The fraction of sp³-hybridized carbons (Fsp3) is 0.346. The number of alkyl halides is 3. The number of hydrogen-bond acceptors (Lipinski definition) is 4. The van der Waals surface area contributed by atoms with Crippen LogP contribution in [0.4, 0.5) is 13.2 Å². The summed E-state index contributed by atoms with van der Waals surface area (Å²) in [5.74, 6) is -4.76. The SMILES string of the molecule is C=CC(c1ccccc1)[C@H](NC(=O)[C@H](Cc1ccccc1)NC(=O)C(F)(F)F)C(=O)OC(C)(C)C. The summed E-state index contributed by atoms with van der Waals surface area (Å²) in [6, 6.07) is 14.0. The maximum atomic E-state index is 13.2. The van der Waals surface area contributed by atoms with Crippen molar-refractivity contribution in [3.63, 3.8) is 0 Å². The predicted octanol–water partition coefficient (Wildman–Crippen LogP) is 4.07. The molecule has 2 amide bonds. The molecular weight excluding hydrogens is 461 g/mol. The van der Waals surface area contributed by atoms with E-state index in [1.54, 1.807) is 86.8 Å². The first kappa shape index (κ1) is 27.6. The van der Waals surface area contributed by atoms with Crippen LogP contribution in [0.1, 0.15) is 37.8 Å². The van der Waals surface area contributed by atoms with Gasteiger partial charge in [0.25, 0.3) is 0 Å². The standard InChI is InChI=1S/C26H29F3N2O4/c1-5-19(18-14-10-7-11-15-18)21(23(33)35-25(2,3)4)31-22(32)20(30-24(34)26(27,28)29)16-17-12-8-6-9-13-17/h5-15,19-21H,1,16H2,2-4H3,(H,30,34)(H,31,32)/t19?,20-,21-/m0/s1. The lowest BCUT2D eigenvalue weighted by Crippen LogP contribution is -2.56. The Balaban J connectivity index is 2.40. The summed E-state index contributed by atoms with van der Waals surface area (Å²) in [4.78, 5) is 37.9. The summed E-state index contributed by atoms with van der Waals surface area (Å²) in [6.07, 6.45) is -3.96. The molecule has 0 aliphatic heterocycles. The van der Waals surface area contributed by atoms with Crippen molar-refractivity contribution < 1.29 is 32.3 Å². The lowest BCUT2D eigenvalue weighted by molar-refractivity contribution is -0.174. The molecule has 0 saturated carbocycles. The monoisotopic (exact) mass is 490 g/mol. The summed E-state index contributed by atoms with van der Waals surface area (Å²) in [6.45, 7) is 8.71. The smallest absolute Gasteiger partial charge is 0.458 e. The highest BCUT2D eigenvalue weighted by Crippen LogP contribution is 2.24. The van der Waals surface area contributed by atoms with Crippen LogP contribution in [0.25, 0.3) is 0 Å². The average Bonchev–Trinajstić information content (AvgIpc) is 2.78. The third-order valence-electron chi connectivity index (χ3n) is 4.92. The number of rotatable bonds is 9. The van der Waals surface area contributed by atoms with Gasteiger partial charge >= 0.3 is 18.1 Å². The van der Waals surface area contributed by atoms with E-state index in [-0.39, 0.29) is 6.42 Å². The third-order valence-corrected chi connectivity index (χ3v) is 4.92. The lowest BCUT2D eigenvalue weighted by atomic mass is 9.90. The maximum absolute atomic E-state index is 13.2. The van der Waals surface area contributed by atoms with E-state index in [0.717, 1.165) is 0 Å². The van der Waals surface area contributed by atoms with Gasteiger partial charge < -0.3 is 15.4 Å². The number of benzene rings is 2. The fourth-order valence-corrected chi connectivity index (χ4v) is 3.35. The first-order chi connectivity index (χ1) is 16.3. The molecule has 0 radical (unpaired) electrons. The van der Waals surface area contributed by atoms with Gasteiger partial charge in [0.1, 0.15) is 17.7 Å². The molecule has 0 aliphatic rings. The molecule has 2 rings (SSSR count). The van der Waals surface area contributed by atoms with Gasteiger partial charge in [-0.1, -0.05) is 66.7 Å². The molecule has 9 heteroatoms. The van der Waals surface area contributed by atoms with Gasteiger partial charge in [-0.15, -0.1) is 6.58 Å². The fourth-order valence-electron chi connectivity index (χ4n) is 3.35. The molecule has 1 unspecified atom stereocenters. The molecule has 0 bridgehead atoms. The zero-order valence-electron chi connectivity index (χ0n) is 19.8. The van der Waals surface area contributed by atoms with Gasteiger partial charge in [-0.3, -0.25) is 9.59 Å². The average molecular weight is 491 g/mol. The van der Waals surface area contributed by atoms with E-state index in [0.29, 0.717) is 11.1 Å². The number of hydrogen-bond donors (Lipinski definition) is 2. The quantitative estimate of drug-likeness (QED) is 0.410. The summed E-state index contributed by atoms with van der Waals surface area (Å²) in [5.41, 5.74) is 0.265. The van der Waals surface area contributed by atoms with E-state index in [1.165, 1.54) is 6.08 Å². The van der Waals surface area contributed by atoms with Crippen LogP contribution in [0.15, 0.2) is 73.3 Å². The van der Waals surface area contributed by atoms with Gasteiger partial charge in [-0.05, 0) is 31.9 Å². The Bertz CT molecular complexity index is 1020. The molecule has 3 atom stereocenters. The van der Waals surface area contributed by atoms with Crippen molar-refractivity contribution in [1.82, 2.24) is 10.6 Å². The van der Waals surface area contributed by atoms with E-state index < -0.39 is 47.6 Å². The molecule has 0 fully saturated rings. The zero-order valence-corrected chi connectivity index (χ0v) is 19.8. The molecule has 0 heterocycles. The number of amides is 2. The van der Waals surface area contributed by atoms with Gasteiger partial charge in [0, 0.05) is 12.3 Å². The minimum Gasteiger partial charge on any atom is -0.458 e. The second-order valence-corrected chi connectivity index (χ2v) is 8.91. The summed E-state index contributed by atoms with van der Waals surface area (Å²) < 4.78 is 44.4. The van der Waals surface area contributed by atoms with Gasteiger partial charge in [0.2, 0.25) is 5.91 Å². The van der Waals surface area contributed by atoms with Crippen LogP contribution in [-0.2, 0) is 25.5 Å². The second-order valence-electron chi connectivity index (χ2n) is 8.91. The Morgan fingerprint density at radius 2 is 1.49 bits per heavy atom. The normalized spacial score (nSPS) is 14.2. The van der Waals surface area contributed by atoms with Crippen LogP contribution in [0, 0.1) is 0 Å². The van der Waals surface area contributed by atoms with Crippen LogP contribution in [0.5, 0.6) is 0 Å². The Labute approximate surface area is 202 Å². The van der Waals surface area contributed by atoms with Gasteiger partial charge in [0.15, 0.2) is 0 Å². The van der Waals surface area contributed by atoms with Crippen molar-refractivity contribution in [3.8, 4) is 0 Å². The van der Waals surface area contributed by atoms with Crippen LogP contribution in [-0.4, -0.2) is 41.6 Å². The third kappa shape index (κ3) is 8.59. The molecule has 0 saturated heterocycles. The molecule has 0 spiro atoms. The first-order valence-corrected chi connectivity index (χ1v) is 10.9. The van der Waals surface area contributed by atoms with E-state index in [1.807, 2.05) is 0 Å².